The molecule has 8 nitrogen and oxygen atoms in total. The molecule has 0 aliphatic heterocycles. The lowest BCUT2D eigenvalue weighted by Crippen LogP contribution is -2.58. The SMILES string of the molecule is CC(C)(N)C(C)(C)N.CC(C)(O)C(=O)O.CC(C)(O)C(=O)O. The predicted octanol–water partition coefficient (Wildman–Crippen LogP) is 0.145. The van der Waals surface area contributed by atoms with Crippen LogP contribution in [-0.2, 0) is 9.59 Å². The highest BCUT2D eigenvalue weighted by atomic mass is 16.4. The first kappa shape index (κ1) is 25.7. The lowest BCUT2D eigenvalue weighted by Gasteiger charge is -2.34. The van der Waals surface area contributed by atoms with Crippen LogP contribution in [-0.4, -0.2) is 54.6 Å². The molecule has 0 rings (SSSR count). The highest BCUT2D eigenvalue weighted by Crippen LogP contribution is 2.13. The number of carbonyl (C=O) groups is 2. The Balaban J connectivity index is -0.000000247. The smallest absolute Gasteiger partial charge is 0.335 e. The maximum atomic E-state index is 9.77. The Morgan fingerprint density at radius 1 is 0.636 bits per heavy atom. The number of aliphatic carboxylic acids is 2. The minimum Gasteiger partial charge on any atom is -0.479 e. The van der Waals surface area contributed by atoms with E-state index in [1.807, 2.05) is 27.7 Å². The van der Waals surface area contributed by atoms with Crippen LogP contribution in [0.4, 0.5) is 0 Å². The summed E-state index contributed by atoms with van der Waals surface area (Å²) in [5.74, 6) is -2.40. The second-order valence-corrected chi connectivity index (χ2v) is 7.17. The predicted molar refractivity (Wildman–Crippen MR) is 84.4 cm³/mol. The van der Waals surface area contributed by atoms with Gasteiger partial charge in [0.15, 0.2) is 11.2 Å². The second-order valence-electron chi connectivity index (χ2n) is 7.17. The van der Waals surface area contributed by atoms with Gasteiger partial charge in [0.05, 0.1) is 0 Å². The fourth-order valence-electron chi connectivity index (χ4n) is 0. The maximum absolute atomic E-state index is 9.77. The van der Waals surface area contributed by atoms with Crippen molar-refractivity contribution in [3.8, 4) is 0 Å². The number of hydrogen-bond acceptors (Lipinski definition) is 6. The zero-order valence-electron chi connectivity index (χ0n) is 14.8. The topological polar surface area (TPSA) is 167 Å². The third-order valence-electron chi connectivity index (χ3n) is 2.71. The van der Waals surface area contributed by atoms with E-state index in [-0.39, 0.29) is 11.1 Å². The molecule has 0 radical (unpaired) electrons. The molecule has 134 valence electrons. The highest BCUT2D eigenvalue weighted by Gasteiger charge is 2.28. The van der Waals surface area contributed by atoms with Crippen LogP contribution in [0.15, 0.2) is 0 Å². The van der Waals surface area contributed by atoms with Crippen molar-refractivity contribution in [2.75, 3.05) is 0 Å². The van der Waals surface area contributed by atoms with E-state index in [2.05, 4.69) is 0 Å². The molecule has 0 unspecified atom stereocenters. The molecule has 22 heavy (non-hydrogen) atoms. The average Bonchev–Trinajstić information content (AvgIpc) is 2.12. The third kappa shape index (κ3) is 15.2. The minimum atomic E-state index is -1.58. The average molecular weight is 324 g/mol. The number of carboxylic acids is 2. The fourth-order valence-corrected chi connectivity index (χ4v) is 0. The van der Waals surface area contributed by atoms with Crippen molar-refractivity contribution in [2.24, 2.45) is 11.5 Å². The van der Waals surface area contributed by atoms with E-state index < -0.39 is 23.1 Å². The van der Waals surface area contributed by atoms with Crippen molar-refractivity contribution >= 4 is 11.9 Å². The van der Waals surface area contributed by atoms with Gasteiger partial charge in [-0.15, -0.1) is 0 Å². The summed E-state index contributed by atoms with van der Waals surface area (Å²) in [6.45, 7) is 12.6. The van der Waals surface area contributed by atoms with E-state index in [0.717, 1.165) is 0 Å². The molecule has 0 aliphatic rings. The number of nitrogens with two attached hydrogens (primary N) is 2. The van der Waals surface area contributed by atoms with Crippen molar-refractivity contribution in [1.82, 2.24) is 0 Å². The Labute approximate surface area is 132 Å². The largest absolute Gasteiger partial charge is 0.479 e. The molecule has 0 heterocycles. The third-order valence-corrected chi connectivity index (χ3v) is 2.71. The van der Waals surface area contributed by atoms with Gasteiger partial charge in [-0.05, 0) is 55.4 Å². The van der Waals surface area contributed by atoms with Crippen LogP contribution in [0.3, 0.4) is 0 Å². The van der Waals surface area contributed by atoms with Crippen molar-refractivity contribution < 1.29 is 30.0 Å². The van der Waals surface area contributed by atoms with Crippen LogP contribution in [0.2, 0.25) is 0 Å². The monoisotopic (exact) mass is 324 g/mol. The van der Waals surface area contributed by atoms with Gasteiger partial charge in [-0.25, -0.2) is 9.59 Å². The van der Waals surface area contributed by atoms with Gasteiger partial charge < -0.3 is 31.9 Å². The van der Waals surface area contributed by atoms with Gasteiger partial charge in [0.2, 0.25) is 0 Å². The molecule has 0 atom stereocenters. The van der Waals surface area contributed by atoms with Crippen molar-refractivity contribution in [1.29, 1.82) is 0 Å². The van der Waals surface area contributed by atoms with E-state index in [1.54, 1.807) is 0 Å². The van der Waals surface area contributed by atoms with E-state index in [0.29, 0.717) is 0 Å². The Morgan fingerprint density at radius 2 is 0.727 bits per heavy atom. The summed E-state index contributed by atoms with van der Waals surface area (Å²) in [6.07, 6.45) is 0. The van der Waals surface area contributed by atoms with Crippen molar-refractivity contribution in [3.05, 3.63) is 0 Å². The summed E-state index contributed by atoms with van der Waals surface area (Å²) in [5.41, 5.74) is 7.64. The van der Waals surface area contributed by atoms with Gasteiger partial charge in [-0.3, -0.25) is 0 Å². The summed E-state index contributed by atoms with van der Waals surface area (Å²) in [5, 5.41) is 33.0. The summed E-state index contributed by atoms with van der Waals surface area (Å²) in [6, 6.07) is 0. The molecule has 0 aromatic carbocycles. The first-order chi connectivity index (χ1) is 9.14. The van der Waals surface area contributed by atoms with Crippen LogP contribution < -0.4 is 11.5 Å². The quantitative estimate of drug-likeness (QED) is 0.426. The Hall–Kier alpha value is -1.22. The summed E-state index contributed by atoms with van der Waals surface area (Å²) < 4.78 is 0. The molecule has 8 heteroatoms. The normalized spacial score (nSPS) is 12.4. The molecule has 0 bridgehead atoms. The van der Waals surface area contributed by atoms with Crippen LogP contribution in [0.25, 0.3) is 0 Å². The van der Waals surface area contributed by atoms with Crippen LogP contribution >= 0.6 is 0 Å². The number of rotatable bonds is 3. The maximum Gasteiger partial charge on any atom is 0.335 e. The molecule has 0 fully saturated rings. The van der Waals surface area contributed by atoms with Crippen LogP contribution in [0.1, 0.15) is 55.4 Å². The highest BCUT2D eigenvalue weighted by molar-refractivity contribution is 5.76. The second kappa shape index (κ2) is 8.42. The van der Waals surface area contributed by atoms with E-state index in [4.69, 9.17) is 31.9 Å². The van der Waals surface area contributed by atoms with Crippen molar-refractivity contribution in [2.45, 2.75) is 77.7 Å². The zero-order chi connectivity index (χ0) is 19.2. The molecule has 0 aromatic heterocycles. The number of aliphatic hydroxyl groups is 2. The van der Waals surface area contributed by atoms with E-state index in [9.17, 15) is 9.59 Å². The van der Waals surface area contributed by atoms with Gasteiger partial charge in [-0.2, -0.15) is 0 Å². The molecular formula is C14H32N2O6. The van der Waals surface area contributed by atoms with E-state index in [1.165, 1.54) is 27.7 Å². The molecular weight excluding hydrogens is 292 g/mol. The molecule has 0 saturated carbocycles. The summed E-state index contributed by atoms with van der Waals surface area (Å²) >= 11 is 0. The zero-order valence-corrected chi connectivity index (χ0v) is 14.8. The molecule has 0 amide bonds. The standard InChI is InChI=1S/C6H16N2.2C4H8O3/c1-5(2,7)6(3,4)8;2*1-4(2,7)3(5)6/h7-8H2,1-4H3;2*7H,1-2H3,(H,5,6). The molecule has 0 spiro atoms. The van der Waals surface area contributed by atoms with Gasteiger partial charge in [0, 0.05) is 11.1 Å². The van der Waals surface area contributed by atoms with Crippen LogP contribution in [0, 0.1) is 0 Å². The Bertz CT molecular complexity index is 317. The minimum absolute atomic E-state index is 0.285. The molecule has 0 aromatic rings. The van der Waals surface area contributed by atoms with Crippen LogP contribution in [0.5, 0.6) is 0 Å². The molecule has 8 N–H and O–H groups in total. The summed E-state index contributed by atoms with van der Waals surface area (Å²) in [7, 11) is 0. The molecule has 0 aliphatic carbocycles. The fraction of sp³-hybridized carbons (Fsp3) is 0.857. The summed E-state index contributed by atoms with van der Waals surface area (Å²) in [4.78, 5) is 19.5. The van der Waals surface area contributed by atoms with E-state index >= 15 is 0 Å². The lowest BCUT2D eigenvalue weighted by atomic mass is 9.85. The first-order valence-corrected chi connectivity index (χ1v) is 6.63. The Morgan fingerprint density at radius 3 is 0.727 bits per heavy atom. The van der Waals surface area contributed by atoms with Gasteiger partial charge >= 0.3 is 11.9 Å². The lowest BCUT2D eigenvalue weighted by molar-refractivity contribution is -0.155. The van der Waals surface area contributed by atoms with Gasteiger partial charge in [0.25, 0.3) is 0 Å². The van der Waals surface area contributed by atoms with Crippen molar-refractivity contribution in [3.63, 3.8) is 0 Å². The number of hydrogen-bond donors (Lipinski definition) is 6. The first-order valence-electron chi connectivity index (χ1n) is 6.63. The Kier molecular flexibility index (Phi) is 9.85. The van der Waals surface area contributed by atoms with Gasteiger partial charge in [0.1, 0.15) is 0 Å². The van der Waals surface area contributed by atoms with Gasteiger partial charge in [-0.1, -0.05) is 0 Å². The number of carboxylic acid groups (broad SMARTS) is 2. The molecule has 0 saturated heterocycles.